The molecule has 5 nitrogen and oxygen atoms in total. The lowest BCUT2D eigenvalue weighted by atomic mass is 9.94. The maximum Gasteiger partial charge on any atom is 0.227 e. The molecule has 2 bridgehead atoms. The Kier molecular flexibility index (Phi) is 4.02. The van der Waals surface area contributed by atoms with Crippen molar-refractivity contribution in [3.63, 3.8) is 0 Å². The van der Waals surface area contributed by atoms with Crippen molar-refractivity contribution in [2.75, 3.05) is 13.1 Å². The minimum atomic E-state index is 0.116. The number of hydrogen-bond acceptors (Lipinski definition) is 5. The number of fused-ring (bicyclic) bond motifs is 5. The summed E-state index contributed by atoms with van der Waals surface area (Å²) >= 11 is 1.59. The molecule has 0 radical (unpaired) electrons. The Bertz CT molecular complexity index is 920. The number of carbonyl (C=O) groups is 1. The highest BCUT2D eigenvalue weighted by Gasteiger charge is 2.40. The number of hydrogen-bond donors (Lipinski definition) is 0. The molecule has 3 aromatic rings. The smallest absolute Gasteiger partial charge is 0.227 e. The Labute approximate surface area is 156 Å². The Hall–Kier alpha value is -2.18. The Balaban J connectivity index is 1.35. The van der Waals surface area contributed by atoms with E-state index in [1.807, 2.05) is 23.0 Å². The van der Waals surface area contributed by atoms with Gasteiger partial charge in [0.25, 0.3) is 0 Å². The van der Waals surface area contributed by atoms with Crippen LogP contribution in [0.5, 0.6) is 0 Å². The van der Waals surface area contributed by atoms with Gasteiger partial charge < -0.3 is 9.32 Å². The molecule has 5 heterocycles. The Morgan fingerprint density at radius 2 is 2.15 bits per heavy atom. The summed E-state index contributed by atoms with van der Waals surface area (Å²) < 4.78 is 5.44. The van der Waals surface area contributed by atoms with Crippen molar-refractivity contribution in [3.8, 4) is 0 Å². The number of rotatable bonds is 4. The molecule has 26 heavy (non-hydrogen) atoms. The molecule has 0 N–H and O–H groups in total. The molecule has 134 valence electrons. The second-order valence-corrected chi connectivity index (χ2v) is 8.08. The lowest BCUT2D eigenvalue weighted by molar-refractivity contribution is -0.140. The summed E-state index contributed by atoms with van der Waals surface area (Å²) in [6, 6.07) is 8.66. The second kappa shape index (κ2) is 6.52. The van der Waals surface area contributed by atoms with Gasteiger partial charge in [0.2, 0.25) is 5.91 Å². The molecule has 0 aliphatic carbocycles. The minimum Gasteiger partial charge on any atom is -0.464 e. The number of furan rings is 1. The van der Waals surface area contributed by atoms with Crippen LogP contribution in [-0.4, -0.2) is 39.8 Å². The molecule has 0 saturated carbocycles. The molecule has 2 unspecified atom stereocenters. The van der Waals surface area contributed by atoms with Crippen molar-refractivity contribution in [3.05, 3.63) is 52.7 Å². The topological polar surface area (TPSA) is 49.6 Å². The van der Waals surface area contributed by atoms with Crippen molar-refractivity contribution in [2.24, 2.45) is 5.92 Å². The fourth-order valence-electron chi connectivity index (χ4n) is 4.33. The third-order valence-electron chi connectivity index (χ3n) is 5.61. The predicted octanol–water partition coefficient (Wildman–Crippen LogP) is 3.51. The van der Waals surface area contributed by atoms with E-state index in [0.717, 1.165) is 49.1 Å². The molecule has 3 saturated heterocycles. The van der Waals surface area contributed by atoms with E-state index in [4.69, 9.17) is 4.42 Å². The van der Waals surface area contributed by atoms with Crippen LogP contribution in [0.1, 0.15) is 24.1 Å². The van der Waals surface area contributed by atoms with Crippen LogP contribution in [0.2, 0.25) is 0 Å². The number of nitrogens with zero attached hydrogens (tertiary/aromatic N) is 3. The van der Waals surface area contributed by atoms with Gasteiger partial charge in [-0.3, -0.25) is 9.69 Å². The van der Waals surface area contributed by atoms with E-state index in [-0.39, 0.29) is 5.92 Å². The molecule has 0 spiro atoms. The molecule has 2 atom stereocenters. The highest BCUT2D eigenvalue weighted by atomic mass is 32.1. The van der Waals surface area contributed by atoms with Gasteiger partial charge in [-0.25, -0.2) is 4.98 Å². The largest absolute Gasteiger partial charge is 0.464 e. The third-order valence-corrected chi connectivity index (χ3v) is 6.24. The normalized spacial score (nSPS) is 23.7. The summed E-state index contributed by atoms with van der Waals surface area (Å²) in [6.45, 7) is 3.33. The highest BCUT2D eigenvalue weighted by molar-refractivity contribution is 7.07. The van der Waals surface area contributed by atoms with Gasteiger partial charge in [-0.15, -0.1) is 11.3 Å². The molecule has 2 aromatic heterocycles. The van der Waals surface area contributed by atoms with Crippen molar-refractivity contribution in [1.82, 2.24) is 14.8 Å². The van der Waals surface area contributed by atoms with Gasteiger partial charge in [0.05, 0.1) is 29.9 Å². The first-order valence-corrected chi connectivity index (χ1v) is 10.1. The van der Waals surface area contributed by atoms with Crippen LogP contribution >= 0.6 is 11.3 Å². The molecule has 6 heteroatoms. The molecular formula is C20H21N3O2S. The Morgan fingerprint density at radius 1 is 1.19 bits per heavy atom. The fraction of sp³-hybridized carbons (Fsp3) is 0.400. The lowest BCUT2D eigenvalue weighted by Crippen LogP contribution is -2.47. The highest BCUT2D eigenvalue weighted by Crippen LogP contribution is 2.31. The van der Waals surface area contributed by atoms with Crippen LogP contribution in [0.4, 0.5) is 0 Å². The fourth-order valence-corrected chi connectivity index (χ4v) is 4.88. The molecule has 1 amide bonds. The second-order valence-electron chi connectivity index (χ2n) is 7.36. The van der Waals surface area contributed by atoms with E-state index < -0.39 is 0 Å². The first-order chi connectivity index (χ1) is 12.8. The summed E-state index contributed by atoms with van der Waals surface area (Å²) in [7, 11) is 0. The SMILES string of the molecule is O=C1C2CCC(CN(Cc3ccc4occc4c3)C2)N1Cc1cscn1. The maximum atomic E-state index is 12.9. The van der Waals surface area contributed by atoms with E-state index in [1.54, 1.807) is 17.6 Å². The number of thiazole rings is 1. The zero-order chi connectivity index (χ0) is 17.5. The average Bonchev–Trinajstić information content (AvgIpc) is 3.25. The maximum absolute atomic E-state index is 12.9. The van der Waals surface area contributed by atoms with Gasteiger partial charge in [-0.05, 0) is 36.6 Å². The standard InChI is InChI=1S/C20H21N3O2S/c24-20-16-2-3-18(23(20)10-17-12-26-13-21-17)11-22(9-16)8-14-1-4-19-15(7-14)5-6-25-19/h1,4-7,12-13,16,18H,2-3,8-11H2. The third kappa shape index (κ3) is 2.93. The van der Waals surface area contributed by atoms with E-state index in [1.165, 1.54) is 5.56 Å². The molecule has 6 rings (SSSR count). The predicted molar refractivity (Wildman–Crippen MR) is 101 cm³/mol. The quantitative estimate of drug-likeness (QED) is 0.708. The number of amides is 1. The number of aromatic nitrogens is 1. The summed E-state index contributed by atoms with van der Waals surface area (Å²) in [5.41, 5.74) is 5.05. The van der Waals surface area contributed by atoms with Crippen LogP contribution in [-0.2, 0) is 17.9 Å². The van der Waals surface area contributed by atoms with Gasteiger partial charge in [0, 0.05) is 36.4 Å². The average molecular weight is 367 g/mol. The zero-order valence-corrected chi connectivity index (χ0v) is 15.3. The summed E-state index contributed by atoms with van der Waals surface area (Å²) in [5, 5.41) is 3.19. The van der Waals surface area contributed by atoms with Crippen LogP contribution < -0.4 is 0 Å². The van der Waals surface area contributed by atoms with E-state index in [2.05, 4.69) is 26.9 Å². The van der Waals surface area contributed by atoms with Crippen molar-refractivity contribution < 1.29 is 9.21 Å². The van der Waals surface area contributed by atoms with Crippen molar-refractivity contribution in [1.29, 1.82) is 0 Å². The van der Waals surface area contributed by atoms with E-state index >= 15 is 0 Å². The van der Waals surface area contributed by atoms with Crippen molar-refractivity contribution in [2.45, 2.75) is 32.0 Å². The lowest BCUT2D eigenvalue weighted by Gasteiger charge is -2.35. The summed E-state index contributed by atoms with van der Waals surface area (Å²) in [5.74, 6) is 0.423. The molecular weight excluding hydrogens is 346 g/mol. The minimum absolute atomic E-state index is 0.116. The Morgan fingerprint density at radius 3 is 3.04 bits per heavy atom. The van der Waals surface area contributed by atoms with Gasteiger partial charge in [0.1, 0.15) is 5.58 Å². The molecule has 3 aliphatic heterocycles. The first-order valence-electron chi connectivity index (χ1n) is 9.12. The molecule has 1 aromatic carbocycles. The number of carbonyl (C=O) groups excluding carboxylic acids is 1. The van der Waals surface area contributed by atoms with Crippen LogP contribution in [0.3, 0.4) is 0 Å². The number of benzene rings is 1. The summed E-state index contributed by atoms with van der Waals surface area (Å²) in [4.78, 5) is 21.8. The van der Waals surface area contributed by atoms with Gasteiger partial charge in [0.15, 0.2) is 0 Å². The monoisotopic (exact) mass is 367 g/mol. The zero-order valence-electron chi connectivity index (χ0n) is 14.5. The molecule has 3 fully saturated rings. The van der Waals surface area contributed by atoms with Crippen LogP contribution in [0.25, 0.3) is 11.0 Å². The number of piperidine rings is 1. The summed E-state index contributed by atoms with van der Waals surface area (Å²) in [6.07, 6.45) is 3.84. The van der Waals surface area contributed by atoms with E-state index in [9.17, 15) is 4.79 Å². The van der Waals surface area contributed by atoms with Crippen LogP contribution in [0.15, 0.2) is 45.8 Å². The first kappa shape index (κ1) is 16.0. The van der Waals surface area contributed by atoms with Crippen molar-refractivity contribution >= 4 is 28.2 Å². The van der Waals surface area contributed by atoms with E-state index in [0.29, 0.717) is 18.5 Å². The van der Waals surface area contributed by atoms with Gasteiger partial charge in [-0.1, -0.05) is 6.07 Å². The molecule has 3 aliphatic rings. The van der Waals surface area contributed by atoms with Crippen LogP contribution in [0, 0.1) is 5.92 Å². The van der Waals surface area contributed by atoms with Gasteiger partial charge >= 0.3 is 0 Å². The van der Waals surface area contributed by atoms with Gasteiger partial charge in [-0.2, -0.15) is 0 Å².